The number of rotatable bonds is 8. The molecule has 5 heteroatoms. The Morgan fingerprint density at radius 3 is 2.82 bits per heavy atom. The van der Waals surface area contributed by atoms with Gasteiger partial charge in [-0.25, -0.2) is 9.97 Å². The highest BCUT2D eigenvalue weighted by Gasteiger charge is 2.00. The van der Waals surface area contributed by atoms with Crippen molar-refractivity contribution in [2.75, 3.05) is 30.8 Å². The minimum atomic E-state index is 0.515. The van der Waals surface area contributed by atoms with E-state index in [2.05, 4.69) is 22.2 Å². The fraction of sp³-hybridized carbons (Fsp3) is 0.667. The number of nitrogens with zero attached hydrogens (tertiary/aromatic N) is 2. The highest BCUT2D eigenvalue weighted by atomic mass is 16.5. The Bertz CT molecular complexity index is 330. The van der Waals surface area contributed by atoms with Gasteiger partial charge in [-0.2, -0.15) is 0 Å². The molecule has 17 heavy (non-hydrogen) atoms. The molecule has 0 aliphatic heterocycles. The molecule has 1 heterocycles. The third-order valence-electron chi connectivity index (χ3n) is 2.23. The van der Waals surface area contributed by atoms with Crippen molar-refractivity contribution in [3.05, 3.63) is 11.9 Å². The van der Waals surface area contributed by atoms with E-state index in [1.165, 1.54) is 0 Å². The van der Waals surface area contributed by atoms with Crippen LogP contribution in [0, 0.1) is 0 Å². The summed E-state index contributed by atoms with van der Waals surface area (Å²) >= 11 is 0. The van der Waals surface area contributed by atoms with Crippen molar-refractivity contribution in [3.8, 4) is 0 Å². The zero-order valence-corrected chi connectivity index (χ0v) is 10.7. The number of nitrogen functional groups attached to an aromatic ring is 1. The van der Waals surface area contributed by atoms with E-state index in [0.717, 1.165) is 50.7 Å². The Balaban J connectivity index is 2.28. The fourth-order valence-corrected chi connectivity index (χ4v) is 1.40. The molecule has 0 aliphatic rings. The molecule has 5 nitrogen and oxygen atoms in total. The lowest BCUT2D eigenvalue weighted by Crippen LogP contribution is -2.09. The smallest absolute Gasteiger partial charge is 0.132 e. The van der Waals surface area contributed by atoms with E-state index in [-0.39, 0.29) is 0 Å². The van der Waals surface area contributed by atoms with Gasteiger partial charge in [-0.05, 0) is 12.8 Å². The summed E-state index contributed by atoms with van der Waals surface area (Å²) in [5, 5.41) is 3.23. The molecule has 0 unspecified atom stereocenters. The van der Waals surface area contributed by atoms with Gasteiger partial charge in [-0.15, -0.1) is 0 Å². The van der Waals surface area contributed by atoms with Crippen LogP contribution in [0.5, 0.6) is 0 Å². The molecule has 0 amide bonds. The van der Waals surface area contributed by atoms with Crippen LogP contribution in [0.15, 0.2) is 6.07 Å². The van der Waals surface area contributed by atoms with Crippen LogP contribution < -0.4 is 11.1 Å². The molecular weight excluding hydrogens is 216 g/mol. The van der Waals surface area contributed by atoms with Crippen molar-refractivity contribution in [1.82, 2.24) is 9.97 Å². The summed E-state index contributed by atoms with van der Waals surface area (Å²) < 4.78 is 5.39. The van der Waals surface area contributed by atoms with Crippen LogP contribution in [0.2, 0.25) is 0 Å². The largest absolute Gasteiger partial charge is 0.384 e. The lowest BCUT2D eigenvalue weighted by molar-refractivity contribution is 0.134. The molecule has 0 aromatic carbocycles. The molecule has 1 aromatic rings. The van der Waals surface area contributed by atoms with Gasteiger partial charge in [0.15, 0.2) is 0 Å². The monoisotopic (exact) mass is 238 g/mol. The number of nitrogens with two attached hydrogens (primary N) is 1. The maximum absolute atomic E-state index is 5.69. The van der Waals surface area contributed by atoms with Crippen molar-refractivity contribution >= 4 is 11.6 Å². The molecule has 1 aromatic heterocycles. The second-order valence-corrected chi connectivity index (χ2v) is 3.84. The minimum absolute atomic E-state index is 0.515. The van der Waals surface area contributed by atoms with E-state index in [4.69, 9.17) is 10.5 Å². The number of hydrogen-bond acceptors (Lipinski definition) is 5. The molecule has 0 bridgehead atoms. The molecule has 3 N–H and O–H groups in total. The highest BCUT2D eigenvalue weighted by Crippen LogP contribution is 2.08. The van der Waals surface area contributed by atoms with Crippen molar-refractivity contribution in [3.63, 3.8) is 0 Å². The SMILES string of the molecule is CCCOCCCNc1cc(N)nc(CC)n1. The maximum Gasteiger partial charge on any atom is 0.132 e. The standard InChI is InChI=1S/C12H22N4O/c1-3-7-17-8-5-6-14-12-9-10(13)15-11(4-2)16-12/h9H,3-8H2,1-2H3,(H3,13,14,15,16). The molecule has 0 fully saturated rings. The van der Waals surface area contributed by atoms with E-state index in [1.54, 1.807) is 6.07 Å². The second-order valence-electron chi connectivity index (χ2n) is 3.84. The third kappa shape index (κ3) is 5.49. The number of ether oxygens (including phenoxy) is 1. The van der Waals surface area contributed by atoms with Crippen molar-refractivity contribution in [1.29, 1.82) is 0 Å². The summed E-state index contributed by atoms with van der Waals surface area (Å²) in [7, 11) is 0. The second kappa shape index (κ2) is 7.84. The van der Waals surface area contributed by atoms with E-state index in [9.17, 15) is 0 Å². The first-order valence-electron chi connectivity index (χ1n) is 6.21. The van der Waals surface area contributed by atoms with Gasteiger partial charge in [0.1, 0.15) is 17.5 Å². The topological polar surface area (TPSA) is 73.1 Å². The molecule has 0 saturated carbocycles. The minimum Gasteiger partial charge on any atom is -0.384 e. The van der Waals surface area contributed by atoms with E-state index in [0.29, 0.717) is 5.82 Å². The Morgan fingerprint density at radius 1 is 1.29 bits per heavy atom. The molecule has 0 saturated heterocycles. The zero-order valence-electron chi connectivity index (χ0n) is 10.7. The number of hydrogen-bond donors (Lipinski definition) is 2. The van der Waals surface area contributed by atoms with Crippen LogP contribution in [0.1, 0.15) is 32.5 Å². The van der Waals surface area contributed by atoms with Gasteiger partial charge in [-0.3, -0.25) is 0 Å². The molecule has 0 atom stereocenters. The van der Waals surface area contributed by atoms with Crippen LogP contribution in [0.25, 0.3) is 0 Å². The molecule has 1 rings (SSSR count). The summed E-state index contributed by atoms with van der Waals surface area (Å²) in [6.45, 7) is 6.57. The van der Waals surface area contributed by atoms with Gasteiger partial charge in [0.2, 0.25) is 0 Å². The summed E-state index contributed by atoms with van der Waals surface area (Å²) in [5.41, 5.74) is 5.69. The highest BCUT2D eigenvalue weighted by molar-refractivity contribution is 5.44. The fourth-order valence-electron chi connectivity index (χ4n) is 1.40. The predicted molar refractivity (Wildman–Crippen MR) is 70.0 cm³/mol. The Kier molecular flexibility index (Phi) is 6.32. The number of nitrogens with one attached hydrogen (secondary N) is 1. The molecule has 0 aliphatic carbocycles. The Morgan fingerprint density at radius 2 is 2.12 bits per heavy atom. The van der Waals surface area contributed by atoms with E-state index in [1.807, 2.05) is 6.92 Å². The van der Waals surface area contributed by atoms with Crippen LogP contribution in [0.4, 0.5) is 11.6 Å². The average molecular weight is 238 g/mol. The summed E-state index contributed by atoms with van der Waals surface area (Å²) in [6, 6.07) is 1.76. The van der Waals surface area contributed by atoms with Crippen LogP contribution >= 0.6 is 0 Å². The predicted octanol–water partition coefficient (Wildman–Crippen LogP) is 1.85. The normalized spacial score (nSPS) is 10.5. The summed E-state index contributed by atoms with van der Waals surface area (Å²) in [4.78, 5) is 8.47. The molecule has 0 spiro atoms. The number of aromatic nitrogens is 2. The third-order valence-corrected chi connectivity index (χ3v) is 2.23. The van der Waals surface area contributed by atoms with Gasteiger partial charge < -0.3 is 15.8 Å². The van der Waals surface area contributed by atoms with E-state index < -0.39 is 0 Å². The maximum atomic E-state index is 5.69. The Labute approximate surface area is 103 Å². The molecular formula is C12H22N4O. The number of aryl methyl sites for hydroxylation is 1. The molecule has 96 valence electrons. The quantitative estimate of drug-likeness (QED) is 0.676. The van der Waals surface area contributed by atoms with Crippen LogP contribution in [0.3, 0.4) is 0 Å². The lowest BCUT2D eigenvalue weighted by atomic mass is 10.4. The summed E-state index contributed by atoms with van der Waals surface area (Å²) in [5.74, 6) is 2.08. The molecule has 0 radical (unpaired) electrons. The van der Waals surface area contributed by atoms with Gasteiger partial charge in [-0.1, -0.05) is 13.8 Å². The van der Waals surface area contributed by atoms with Crippen molar-refractivity contribution < 1.29 is 4.74 Å². The lowest BCUT2D eigenvalue weighted by Gasteiger charge is -2.07. The summed E-state index contributed by atoms with van der Waals surface area (Å²) in [6.07, 6.45) is 2.82. The van der Waals surface area contributed by atoms with Gasteiger partial charge in [0.25, 0.3) is 0 Å². The number of anilines is 2. The van der Waals surface area contributed by atoms with Gasteiger partial charge >= 0.3 is 0 Å². The van der Waals surface area contributed by atoms with E-state index >= 15 is 0 Å². The Hall–Kier alpha value is -1.36. The van der Waals surface area contributed by atoms with Gasteiger partial charge in [0, 0.05) is 32.2 Å². The first-order chi connectivity index (χ1) is 8.26. The average Bonchev–Trinajstić information content (AvgIpc) is 2.33. The first kappa shape index (κ1) is 13.7. The van der Waals surface area contributed by atoms with Crippen LogP contribution in [-0.4, -0.2) is 29.7 Å². The van der Waals surface area contributed by atoms with Gasteiger partial charge in [0.05, 0.1) is 0 Å². The zero-order chi connectivity index (χ0) is 12.5. The first-order valence-corrected chi connectivity index (χ1v) is 6.21. The van der Waals surface area contributed by atoms with Crippen molar-refractivity contribution in [2.45, 2.75) is 33.1 Å². The van der Waals surface area contributed by atoms with Crippen LogP contribution in [-0.2, 0) is 11.2 Å². The van der Waals surface area contributed by atoms with Crippen molar-refractivity contribution in [2.24, 2.45) is 0 Å².